The molecule has 1 atom stereocenters. The van der Waals surface area contributed by atoms with Gasteiger partial charge in [0, 0.05) is 18.4 Å². The molecule has 108 valence electrons. The van der Waals surface area contributed by atoms with E-state index in [9.17, 15) is 5.26 Å². The summed E-state index contributed by atoms with van der Waals surface area (Å²) in [7, 11) is 0. The number of nitrogens with one attached hydrogen (secondary N) is 1. The third-order valence-electron chi connectivity index (χ3n) is 3.88. The molecule has 0 unspecified atom stereocenters. The average molecular weight is 281 g/mol. The number of hydrogen-bond acceptors (Lipinski definition) is 4. The molecule has 3 rings (SSSR count). The Morgan fingerprint density at radius 1 is 1.48 bits per heavy atom. The van der Waals surface area contributed by atoms with Crippen LogP contribution in [0, 0.1) is 11.3 Å². The van der Waals surface area contributed by atoms with Crippen molar-refractivity contribution in [2.24, 2.45) is 0 Å². The van der Waals surface area contributed by atoms with Crippen LogP contribution in [-0.2, 0) is 6.42 Å². The van der Waals surface area contributed by atoms with E-state index in [0.717, 1.165) is 25.0 Å². The molecule has 0 fully saturated rings. The molecule has 0 aromatic carbocycles. The van der Waals surface area contributed by atoms with Crippen LogP contribution in [0.3, 0.4) is 0 Å². The summed E-state index contributed by atoms with van der Waals surface area (Å²) < 4.78 is 2.02. The van der Waals surface area contributed by atoms with E-state index in [1.807, 2.05) is 4.68 Å². The highest BCUT2D eigenvalue weighted by Gasteiger charge is 2.25. The Hall–Kier alpha value is -2.35. The molecule has 1 aliphatic rings. The largest absolute Gasteiger partial charge is 0.361 e. The van der Waals surface area contributed by atoms with Gasteiger partial charge in [0.15, 0.2) is 0 Å². The summed E-state index contributed by atoms with van der Waals surface area (Å²) in [5, 5.41) is 17.3. The van der Waals surface area contributed by atoms with E-state index in [2.05, 4.69) is 36.4 Å². The van der Waals surface area contributed by atoms with Crippen LogP contribution in [0.2, 0.25) is 0 Å². The summed E-state index contributed by atoms with van der Waals surface area (Å²) in [5.41, 5.74) is 2.99. The van der Waals surface area contributed by atoms with E-state index in [0.29, 0.717) is 17.4 Å². The molecule has 5 heteroatoms. The van der Waals surface area contributed by atoms with Crippen molar-refractivity contribution < 1.29 is 0 Å². The van der Waals surface area contributed by atoms with Gasteiger partial charge in [0.1, 0.15) is 11.9 Å². The number of aromatic nitrogens is 3. The Morgan fingerprint density at radius 3 is 3.10 bits per heavy atom. The van der Waals surface area contributed by atoms with Gasteiger partial charge in [-0.3, -0.25) is 4.68 Å². The summed E-state index contributed by atoms with van der Waals surface area (Å²) in [5.74, 6) is 0.650. The van der Waals surface area contributed by atoms with Crippen LogP contribution in [0.25, 0.3) is 0 Å². The van der Waals surface area contributed by atoms with Crippen molar-refractivity contribution in [2.45, 2.75) is 45.2 Å². The number of fused-ring (bicyclic) bond motifs is 1. The molecule has 0 aliphatic heterocycles. The first-order valence-corrected chi connectivity index (χ1v) is 7.38. The van der Waals surface area contributed by atoms with Crippen molar-refractivity contribution in [3.63, 3.8) is 0 Å². The smallest absolute Gasteiger partial charge is 0.144 e. The van der Waals surface area contributed by atoms with Crippen LogP contribution >= 0.6 is 0 Å². The van der Waals surface area contributed by atoms with E-state index in [-0.39, 0.29) is 6.04 Å². The first kappa shape index (κ1) is 13.6. The lowest BCUT2D eigenvalue weighted by Gasteiger charge is -2.23. The molecule has 5 nitrogen and oxygen atoms in total. The fraction of sp³-hybridized carbons (Fsp3) is 0.438. The molecule has 0 radical (unpaired) electrons. The summed E-state index contributed by atoms with van der Waals surface area (Å²) in [6, 6.07) is 6.24. The zero-order valence-corrected chi connectivity index (χ0v) is 12.4. The first-order chi connectivity index (χ1) is 10.2. The lowest BCUT2D eigenvalue weighted by molar-refractivity contribution is 0.515. The normalized spacial score (nSPS) is 17.3. The maximum absolute atomic E-state index is 9.17. The van der Waals surface area contributed by atoms with Gasteiger partial charge in [0.2, 0.25) is 0 Å². The van der Waals surface area contributed by atoms with Crippen molar-refractivity contribution >= 4 is 5.82 Å². The van der Waals surface area contributed by atoms with Gasteiger partial charge in [-0.25, -0.2) is 4.98 Å². The third-order valence-corrected chi connectivity index (χ3v) is 3.88. The SMILES string of the molecule is CC(C)n1cc2c(n1)[C@@H](Nc1ncccc1C#N)CCC2. The van der Waals surface area contributed by atoms with Gasteiger partial charge in [-0.15, -0.1) is 0 Å². The van der Waals surface area contributed by atoms with Crippen molar-refractivity contribution in [1.29, 1.82) is 5.26 Å². The van der Waals surface area contributed by atoms with Crippen LogP contribution in [0.15, 0.2) is 24.5 Å². The Kier molecular flexibility index (Phi) is 3.61. The minimum absolute atomic E-state index is 0.135. The van der Waals surface area contributed by atoms with Crippen molar-refractivity contribution in [3.8, 4) is 6.07 Å². The average Bonchev–Trinajstić information content (AvgIpc) is 2.93. The number of hydrogen-bond donors (Lipinski definition) is 1. The summed E-state index contributed by atoms with van der Waals surface area (Å²) in [4.78, 5) is 4.29. The van der Waals surface area contributed by atoms with E-state index in [1.165, 1.54) is 5.56 Å². The van der Waals surface area contributed by atoms with Crippen LogP contribution in [0.4, 0.5) is 5.82 Å². The Morgan fingerprint density at radius 2 is 2.33 bits per heavy atom. The Balaban J connectivity index is 1.90. The zero-order chi connectivity index (χ0) is 14.8. The molecule has 0 bridgehead atoms. The van der Waals surface area contributed by atoms with E-state index in [1.54, 1.807) is 18.3 Å². The van der Waals surface area contributed by atoms with Crippen LogP contribution in [-0.4, -0.2) is 14.8 Å². The van der Waals surface area contributed by atoms with Gasteiger partial charge in [-0.2, -0.15) is 10.4 Å². The number of pyridine rings is 1. The number of nitriles is 1. The van der Waals surface area contributed by atoms with Gasteiger partial charge in [0.05, 0.1) is 17.3 Å². The minimum Gasteiger partial charge on any atom is -0.361 e. The lowest BCUT2D eigenvalue weighted by Crippen LogP contribution is -2.18. The molecular formula is C16H19N5. The monoisotopic (exact) mass is 281 g/mol. The summed E-state index contributed by atoms with van der Waals surface area (Å²) >= 11 is 0. The Labute approximate surface area is 124 Å². The van der Waals surface area contributed by atoms with Crippen molar-refractivity contribution in [2.75, 3.05) is 5.32 Å². The number of aryl methyl sites for hydroxylation is 1. The van der Waals surface area contributed by atoms with Crippen molar-refractivity contribution in [1.82, 2.24) is 14.8 Å². The molecule has 0 saturated carbocycles. The quantitative estimate of drug-likeness (QED) is 0.938. The number of anilines is 1. The van der Waals surface area contributed by atoms with Gasteiger partial charge < -0.3 is 5.32 Å². The van der Waals surface area contributed by atoms with Crippen LogP contribution in [0.5, 0.6) is 0 Å². The summed E-state index contributed by atoms with van der Waals surface area (Å²) in [6.45, 7) is 4.26. The molecule has 1 N–H and O–H groups in total. The molecule has 21 heavy (non-hydrogen) atoms. The summed E-state index contributed by atoms with van der Waals surface area (Å²) in [6.07, 6.45) is 7.08. The maximum Gasteiger partial charge on any atom is 0.144 e. The van der Waals surface area contributed by atoms with Gasteiger partial charge in [-0.1, -0.05) is 0 Å². The van der Waals surface area contributed by atoms with Crippen LogP contribution in [0.1, 0.15) is 55.6 Å². The highest BCUT2D eigenvalue weighted by atomic mass is 15.3. The topological polar surface area (TPSA) is 66.5 Å². The zero-order valence-electron chi connectivity index (χ0n) is 12.4. The van der Waals surface area contributed by atoms with Gasteiger partial charge >= 0.3 is 0 Å². The third kappa shape index (κ3) is 2.62. The second kappa shape index (κ2) is 5.57. The first-order valence-electron chi connectivity index (χ1n) is 7.38. The molecule has 2 aromatic heterocycles. The predicted molar refractivity (Wildman–Crippen MR) is 80.9 cm³/mol. The van der Waals surface area contributed by atoms with E-state index >= 15 is 0 Å². The highest BCUT2D eigenvalue weighted by molar-refractivity contribution is 5.52. The van der Waals surface area contributed by atoms with Crippen LogP contribution < -0.4 is 5.32 Å². The fourth-order valence-electron chi connectivity index (χ4n) is 2.74. The predicted octanol–water partition coefficient (Wildman–Crippen LogP) is 3.22. The lowest BCUT2D eigenvalue weighted by atomic mass is 9.93. The van der Waals surface area contributed by atoms with E-state index < -0.39 is 0 Å². The molecule has 2 aromatic rings. The second-order valence-corrected chi connectivity index (χ2v) is 5.71. The Bertz CT molecular complexity index is 680. The molecule has 1 aliphatic carbocycles. The number of nitrogens with zero attached hydrogens (tertiary/aromatic N) is 4. The van der Waals surface area contributed by atoms with Crippen molar-refractivity contribution in [3.05, 3.63) is 41.3 Å². The van der Waals surface area contributed by atoms with E-state index in [4.69, 9.17) is 5.10 Å². The number of rotatable bonds is 3. The second-order valence-electron chi connectivity index (χ2n) is 5.71. The molecular weight excluding hydrogens is 262 g/mol. The fourth-order valence-corrected chi connectivity index (χ4v) is 2.74. The highest BCUT2D eigenvalue weighted by Crippen LogP contribution is 2.32. The van der Waals surface area contributed by atoms with Gasteiger partial charge in [0.25, 0.3) is 0 Å². The standard InChI is InChI=1S/C16H19N5/c1-11(2)21-10-13-5-3-7-14(15(13)20-21)19-16-12(9-17)6-4-8-18-16/h4,6,8,10-11,14H,3,5,7H2,1-2H3,(H,18,19)/t14-/m0/s1. The minimum atomic E-state index is 0.135. The van der Waals surface area contributed by atoms with Gasteiger partial charge in [-0.05, 0) is 50.8 Å². The molecule has 2 heterocycles. The molecule has 0 amide bonds. The molecule has 0 saturated heterocycles. The molecule has 0 spiro atoms. The maximum atomic E-state index is 9.17.